The Hall–Kier alpha value is -0.0900. The molecule has 2 fully saturated rings. The van der Waals surface area contributed by atoms with Gasteiger partial charge in [-0.25, -0.2) is 8.42 Å². The molecule has 0 amide bonds. The monoisotopic (exact) mass is 273 g/mol. The van der Waals surface area contributed by atoms with Crippen molar-refractivity contribution in [1.82, 2.24) is 5.32 Å². The lowest BCUT2D eigenvalue weighted by Gasteiger charge is -2.38. The molecule has 3 atom stereocenters. The van der Waals surface area contributed by atoms with Crippen LogP contribution in [0.25, 0.3) is 0 Å². The Morgan fingerprint density at radius 3 is 2.61 bits per heavy atom. The highest BCUT2D eigenvalue weighted by atomic mass is 32.2. The molecule has 0 saturated heterocycles. The lowest BCUT2D eigenvalue weighted by molar-refractivity contribution is 0.151. The minimum atomic E-state index is -2.82. The molecule has 0 aromatic rings. The normalized spacial score (nSPS) is 35.2. The number of rotatable bonds is 7. The summed E-state index contributed by atoms with van der Waals surface area (Å²) in [5.41, 5.74) is 0.279. The van der Waals surface area contributed by atoms with Gasteiger partial charge in [0.05, 0.1) is 5.75 Å². The van der Waals surface area contributed by atoms with Gasteiger partial charge < -0.3 is 5.32 Å². The van der Waals surface area contributed by atoms with E-state index in [0.29, 0.717) is 5.75 Å². The van der Waals surface area contributed by atoms with Crippen LogP contribution in [0, 0.1) is 17.3 Å². The predicted molar refractivity (Wildman–Crippen MR) is 75.4 cm³/mol. The van der Waals surface area contributed by atoms with Crippen LogP contribution in [0.4, 0.5) is 0 Å². The maximum atomic E-state index is 11.4. The second kappa shape index (κ2) is 5.49. The zero-order chi connectivity index (χ0) is 13.2. The van der Waals surface area contributed by atoms with Crippen molar-refractivity contribution in [2.45, 2.75) is 45.4 Å². The summed E-state index contributed by atoms with van der Waals surface area (Å²) < 4.78 is 22.9. The molecule has 0 aromatic carbocycles. The standard InChI is InChI=1S/C14H27NO2S/c1-3-7-15-11-14(6-8-18(2,16)17)10-12-4-5-13(14)9-12/h12-13,15H,3-11H2,1-2H3. The summed E-state index contributed by atoms with van der Waals surface area (Å²) in [5.74, 6) is 2.01. The maximum Gasteiger partial charge on any atom is 0.147 e. The molecular formula is C14H27NO2S. The average molecular weight is 273 g/mol. The van der Waals surface area contributed by atoms with Crippen molar-refractivity contribution in [3.05, 3.63) is 0 Å². The van der Waals surface area contributed by atoms with Gasteiger partial charge in [0.2, 0.25) is 0 Å². The van der Waals surface area contributed by atoms with Gasteiger partial charge in [-0.3, -0.25) is 0 Å². The third-order valence-corrected chi connectivity index (χ3v) is 5.92. The fourth-order valence-electron chi connectivity index (χ4n) is 4.07. The number of hydrogen-bond acceptors (Lipinski definition) is 3. The highest BCUT2D eigenvalue weighted by molar-refractivity contribution is 7.90. The van der Waals surface area contributed by atoms with E-state index in [4.69, 9.17) is 0 Å². The third-order valence-electron chi connectivity index (χ3n) is 4.98. The topological polar surface area (TPSA) is 46.2 Å². The minimum Gasteiger partial charge on any atom is -0.316 e. The van der Waals surface area contributed by atoms with E-state index in [1.807, 2.05) is 0 Å². The van der Waals surface area contributed by atoms with Crippen LogP contribution in [0.1, 0.15) is 45.4 Å². The number of sulfone groups is 1. The average Bonchev–Trinajstić information content (AvgIpc) is 2.86. The van der Waals surface area contributed by atoms with Crippen molar-refractivity contribution < 1.29 is 8.42 Å². The zero-order valence-corrected chi connectivity index (χ0v) is 12.6. The summed E-state index contributed by atoms with van der Waals surface area (Å²) in [6.45, 7) is 4.26. The SMILES string of the molecule is CCCNCC1(CCS(C)(=O)=O)CC2CCC1C2. The van der Waals surface area contributed by atoms with Crippen LogP contribution in [0.5, 0.6) is 0 Å². The Bertz CT molecular complexity index is 379. The third kappa shape index (κ3) is 3.27. The summed E-state index contributed by atoms with van der Waals surface area (Å²) in [7, 11) is -2.82. The van der Waals surface area contributed by atoms with Gasteiger partial charge in [-0.2, -0.15) is 0 Å². The van der Waals surface area contributed by atoms with Crippen LogP contribution >= 0.6 is 0 Å². The number of nitrogens with one attached hydrogen (secondary N) is 1. The molecule has 4 heteroatoms. The minimum absolute atomic E-state index is 0.279. The Balaban J connectivity index is 1.99. The van der Waals surface area contributed by atoms with Crippen molar-refractivity contribution >= 4 is 9.84 Å². The van der Waals surface area contributed by atoms with Gasteiger partial charge in [-0.05, 0) is 55.9 Å². The van der Waals surface area contributed by atoms with E-state index < -0.39 is 9.84 Å². The molecule has 3 nitrogen and oxygen atoms in total. The second-order valence-corrected chi connectivity index (χ2v) is 8.76. The van der Waals surface area contributed by atoms with E-state index >= 15 is 0 Å². The molecule has 2 saturated carbocycles. The molecule has 2 aliphatic carbocycles. The second-order valence-electron chi connectivity index (χ2n) is 6.50. The van der Waals surface area contributed by atoms with Gasteiger partial charge in [0.25, 0.3) is 0 Å². The van der Waals surface area contributed by atoms with E-state index in [9.17, 15) is 8.42 Å². The Morgan fingerprint density at radius 1 is 1.33 bits per heavy atom. The lowest BCUT2D eigenvalue weighted by Crippen LogP contribution is -2.40. The van der Waals surface area contributed by atoms with E-state index in [1.165, 1.54) is 31.9 Å². The highest BCUT2D eigenvalue weighted by Gasteiger charge is 2.50. The van der Waals surface area contributed by atoms with Crippen molar-refractivity contribution in [3.63, 3.8) is 0 Å². The van der Waals surface area contributed by atoms with Crippen LogP contribution in [0.15, 0.2) is 0 Å². The van der Waals surface area contributed by atoms with E-state index in [0.717, 1.165) is 37.8 Å². The Morgan fingerprint density at radius 2 is 2.11 bits per heavy atom. The van der Waals surface area contributed by atoms with Crippen molar-refractivity contribution in [1.29, 1.82) is 0 Å². The smallest absolute Gasteiger partial charge is 0.147 e. The van der Waals surface area contributed by atoms with Gasteiger partial charge in [-0.1, -0.05) is 13.3 Å². The van der Waals surface area contributed by atoms with E-state index in [1.54, 1.807) is 0 Å². The van der Waals surface area contributed by atoms with Crippen molar-refractivity contribution in [3.8, 4) is 0 Å². The predicted octanol–water partition coefficient (Wildman–Crippen LogP) is 2.23. The summed E-state index contributed by atoms with van der Waals surface area (Å²) in [4.78, 5) is 0. The molecule has 0 spiro atoms. The fraction of sp³-hybridized carbons (Fsp3) is 1.00. The summed E-state index contributed by atoms with van der Waals surface area (Å²) >= 11 is 0. The van der Waals surface area contributed by atoms with Gasteiger partial charge in [-0.15, -0.1) is 0 Å². The Kier molecular flexibility index (Phi) is 4.37. The van der Waals surface area contributed by atoms with Crippen LogP contribution < -0.4 is 5.32 Å². The molecule has 0 aliphatic heterocycles. The maximum absolute atomic E-state index is 11.4. The molecule has 106 valence electrons. The van der Waals surface area contributed by atoms with Crippen molar-refractivity contribution in [2.75, 3.05) is 25.1 Å². The first-order valence-corrected chi connectivity index (χ1v) is 9.40. The van der Waals surface area contributed by atoms with Crippen LogP contribution in [0.2, 0.25) is 0 Å². The van der Waals surface area contributed by atoms with Gasteiger partial charge in [0.1, 0.15) is 9.84 Å². The summed E-state index contributed by atoms with van der Waals surface area (Å²) in [6.07, 6.45) is 8.68. The summed E-state index contributed by atoms with van der Waals surface area (Å²) in [5, 5.41) is 3.54. The molecule has 2 rings (SSSR count). The van der Waals surface area contributed by atoms with Crippen LogP contribution in [0.3, 0.4) is 0 Å². The molecule has 3 unspecified atom stereocenters. The van der Waals surface area contributed by atoms with Gasteiger partial charge in [0, 0.05) is 12.8 Å². The quantitative estimate of drug-likeness (QED) is 0.724. The van der Waals surface area contributed by atoms with Crippen molar-refractivity contribution in [2.24, 2.45) is 17.3 Å². The lowest BCUT2D eigenvalue weighted by atomic mass is 9.71. The fourth-order valence-corrected chi connectivity index (χ4v) is 4.85. The van der Waals surface area contributed by atoms with Gasteiger partial charge in [0.15, 0.2) is 0 Å². The first kappa shape index (κ1) is 14.3. The first-order valence-electron chi connectivity index (χ1n) is 7.34. The first-order chi connectivity index (χ1) is 8.45. The molecule has 1 N–H and O–H groups in total. The number of hydrogen-bond donors (Lipinski definition) is 1. The Labute approximate surface area is 112 Å². The van der Waals surface area contributed by atoms with Gasteiger partial charge >= 0.3 is 0 Å². The highest BCUT2D eigenvalue weighted by Crippen LogP contribution is 2.57. The van der Waals surface area contributed by atoms with Crippen LogP contribution in [-0.4, -0.2) is 33.5 Å². The van der Waals surface area contributed by atoms with E-state index in [-0.39, 0.29) is 5.41 Å². The number of fused-ring (bicyclic) bond motifs is 2. The molecule has 0 aromatic heterocycles. The molecule has 2 aliphatic rings. The van der Waals surface area contributed by atoms with Crippen LogP contribution in [-0.2, 0) is 9.84 Å². The zero-order valence-electron chi connectivity index (χ0n) is 11.7. The summed E-state index contributed by atoms with van der Waals surface area (Å²) in [6, 6.07) is 0. The molecule has 0 heterocycles. The molecular weight excluding hydrogens is 246 g/mol. The largest absolute Gasteiger partial charge is 0.316 e. The molecule has 18 heavy (non-hydrogen) atoms. The molecule has 2 bridgehead atoms. The molecule has 0 radical (unpaired) electrons. The van der Waals surface area contributed by atoms with E-state index in [2.05, 4.69) is 12.2 Å².